The molecule has 0 saturated heterocycles. The summed E-state index contributed by atoms with van der Waals surface area (Å²) in [5, 5.41) is 0. The van der Waals surface area contributed by atoms with Gasteiger partial charge in [0.15, 0.2) is 0 Å². The van der Waals surface area contributed by atoms with E-state index in [0.717, 1.165) is 5.75 Å². The molecule has 1 rings (SSSR count). The maximum atomic E-state index is 5.40. The van der Waals surface area contributed by atoms with Crippen molar-refractivity contribution in [2.45, 2.75) is 26.2 Å². The fraction of sp³-hybridized carbons (Fsp3) is 0.500. The van der Waals surface area contributed by atoms with Crippen LogP contribution in [0.25, 0.3) is 0 Å². The summed E-state index contributed by atoms with van der Waals surface area (Å²) in [5.41, 5.74) is 6.72. The molecule has 0 saturated carbocycles. The summed E-state index contributed by atoms with van der Waals surface area (Å²) in [6.07, 6.45) is 1.17. The zero-order valence-corrected chi connectivity index (χ0v) is 10.2. The molecule has 3 heteroatoms. The van der Waals surface area contributed by atoms with E-state index in [1.54, 1.807) is 0 Å². The summed E-state index contributed by atoms with van der Waals surface area (Å²) in [7, 11) is 0. The van der Waals surface area contributed by atoms with Gasteiger partial charge in [-0.2, -0.15) is 0 Å². The maximum Gasteiger partial charge on any atom is 0.119 e. The second-order valence-electron chi connectivity index (χ2n) is 3.52. The highest BCUT2D eigenvalue weighted by molar-refractivity contribution is 5.85. The number of halogens is 1. The molecule has 1 aromatic rings. The molecule has 86 valence electrons. The Labute approximate surface area is 98.2 Å². The lowest BCUT2D eigenvalue weighted by Crippen LogP contribution is -2.10. The predicted octanol–water partition coefficient (Wildman–Crippen LogP) is 2.96. The van der Waals surface area contributed by atoms with Crippen LogP contribution in [0.15, 0.2) is 24.3 Å². The Kier molecular flexibility index (Phi) is 7.18. The highest BCUT2D eigenvalue weighted by Crippen LogP contribution is 2.21. The fourth-order valence-corrected chi connectivity index (χ4v) is 1.31. The van der Waals surface area contributed by atoms with Gasteiger partial charge in [-0.15, -0.1) is 12.4 Å². The van der Waals surface area contributed by atoms with Crippen LogP contribution in [-0.2, 0) is 0 Å². The molecule has 0 heterocycles. The second kappa shape index (κ2) is 7.55. The monoisotopic (exact) mass is 229 g/mol. The van der Waals surface area contributed by atoms with Crippen molar-refractivity contribution in [2.75, 3.05) is 13.2 Å². The molecule has 15 heavy (non-hydrogen) atoms. The van der Waals surface area contributed by atoms with E-state index in [1.807, 2.05) is 12.1 Å². The van der Waals surface area contributed by atoms with E-state index in [1.165, 1.54) is 12.0 Å². The maximum absolute atomic E-state index is 5.40. The van der Waals surface area contributed by atoms with Gasteiger partial charge in [-0.25, -0.2) is 0 Å². The summed E-state index contributed by atoms with van der Waals surface area (Å²) < 4.78 is 5.40. The van der Waals surface area contributed by atoms with Crippen molar-refractivity contribution in [1.29, 1.82) is 0 Å². The van der Waals surface area contributed by atoms with Crippen molar-refractivity contribution in [3.8, 4) is 5.75 Å². The smallest absolute Gasteiger partial charge is 0.119 e. The average Bonchev–Trinajstić information content (AvgIpc) is 2.26. The summed E-state index contributed by atoms with van der Waals surface area (Å²) in [5.74, 6) is 1.53. The Morgan fingerprint density at radius 1 is 1.27 bits per heavy atom. The van der Waals surface area contributed by atoms with Gasteiger partial charge in [-0.1, -0.05) is 26.0 Å². The topological polar surface area (TPSA) is 35.2 Å². The molecule has 0 radical (unpaired) electrons. The summed E-state index contributed by atoms with van der Waals surface area (Å²) in [4.78, 5) is 0. The summed E-state index contributed by atoms with van der Waals surface area (Å²) in [6, 6.07) is 8.27. The molecule has 0 bridgehead atoms. The second-order valence-corrected chi connectivity index (χ2v) is 3.52. The van der Waals surface area contributed by atoms with Crippen LogP contribution in [0, 0.1) is 0 Å². The van der Waals surface area contributed by atoms with Gasteiger partial charge in [-0.05, 0) is 30.0 Å². The molecule has 2 nitrogen and oxygen atoms in total. The molecule has 0 fully saturated rings. The van der Waals surface area contributed by atoms with Gasteiger partial charge in [0.05, 0.1) is 0 Å². The molecule has 0 amide bonds. The van der Waals surface area contributed by atoms with Crippen molar-refractivity contribution in [3.63, 3.8) is 0 Å². The molecule has 0 spiro atoms. The number of hydrogen-bond donors (Lipinski definition) is 1. The first-order chi connectivity index (χ1) is 6.77. The number of benzene rings is 1. The largest absolute Gasteiger partial charge is 0.492 e. The van der Waals surface area contributed by atoms with Crippen molar-refractivity contribution in [3.05, 3.63) is 29.8 Å². The lowest BCUT2D eigenvalue weighted by molar-refractivity contribution is 0.328. The molecule has 1 aromatic carbocycles. The highest BCUT2D eigenvalue weighted by atomic mass is 35.5. The molecule has 1 unspecified atom stereocenters. The van der Waals surface area contributed by atoms with Gasteiger partial charge in [-0.3, -0.25) is 0 Å². The molecular weight excluding hydrogens is 210 g/mol. The third-order valence-corrected chi connectivity index (χ3v) is 2.45. The van der Waals surface area contributed by atoms with E-state index in [2.05, 4.69) is 26.0 Å². The standard InChI is InChI=1S/C12H19NO.ClH/c1-3-10(2)11-4-6-12(7-5-11)14-9-8-13;/h4-7,10H,3,8-9,13H2,1-2H3;1H. The molecule has 0 aliphatic rings. The third-order valence-electron chi connectivity index (χ3n) is 2.45. The Balaban J connectivity index is 0.00000196. The minimum absolute atomic E-state index is 0. The average molecular weight is 230 g/mol. The summed E-state index contributed by atoms with van der Waals surface area (Å²) in [6.45, 7) is 5.58. The van der Waals surface area contributed by atoms with Crippen molar-refractivity contribution >= 4 is 12.4 Å². The minimum atomic E-state index is 0. The minimum Gasteiger partial charge on any atom is -0.492 e. The molecule has 0 aliphatic heterocycles. The zero-order valence-electron chi connectivity index (χ0n) is 9.40. The van der Waals surface area contributed by atoms with Crippen LogP contribution in [-0.4, -0.2) is 13.2 Å². The Bertz CT molecular complexity index is 261. The van der Waals surface area contributed by atoms with Gasteiger partial charge < -0.3 is 10.5 Å². The van der Waals surface area contributed by atoms with Crippen LogP contribution < -0.4 is 10.5 Å². The Hall–Kier alpha value is -0.730. The highest BCUT2D eigenvalue weighted by Gasteiger charge is 2.02. The van der Waals surface area contributed by atoms with Gasteiger partial charge >= 0.3 is 0 Å². The predicted molar refractivity (Wildman–Crippen MR) is 66.9 cm³/mol. The first-order valence-electron chi connectivity index (χ1n) is 5.20. The van der Waals surface area contributed by atoms with Crippen LogP contribution in [0.4, 0.5) is 0 Å². The van der Waals surface area contributed by atoms with Gasteiger partial charge in [0, 0.05) is 6.54 Å². The number of rotatable bonds is 5. The van der Waals surface area contributed by atoms with Crippen LogP contribution >= 0.6 is 12.4 Å². The molecule has 0 aliphatic carbocycles. The van der Waals surface area contributed by atoms with Crippen LogP contribution in [0.2, 0.25) is 0 Å². The fourth-order valence-electron chi connectivity index (χ4n) is 1.31. The Morgan fingerprint density at radius 2 is 1.87 bits per heavy atom. The SMILES string of the molecule is CCC(C)c1ccc(OCCN)cc1.Cl. The third kappa shape index (κ3) is 4.54. The van der Waals surface area contributed by atoms with E-state index < -0.39 is 0 Å². The van der Waals surface area contributed by atoms with E-state index in [0.29, 0.717) is 19.1 Å². The number of ether oxygens (including phenoxy) is 1. The lowest BCUT2D eigenvalue weighted by Gasteiger charge is -2.10. The van der Waals surface area contributed by atoms with E-state index in [-0.39, 0.29) is 12.4 Å². The molecule has 1 atom stereocenters. The first kappa shape index (κ1) is 14.3. The lowest BCUT2D eigenvalue weighted by atomic mass is 9.99. The molecule has 2 N–H and O–H groups in total. The molecular formula is C12H20ClNO. The van der Waals surface area contributed by atoms with Gasteiger partial charge in [0.1, 0.15) is 12.4 Å². The van der Waals surface area contributed by atoms with Crippen molar-refractivity contribution < 1.29 is 4.74 Å². The first-order valence-corrected chi connectivity index (χ1v) is 5.20. The van der Waals surface area contributed by atoms with Crippen LogP contribution in [0.3, 0.4) is 0 Å². The molecule has 0 aromatic heterocycles. The van der Waals surface area contributed by atoms with E-state index >= 15 is 0 Å². The number of nitrogens with two attached hydrogens (primary N) is 1. The van der Waals surface area contributed by atoms with Crippen LogP contribution in [0.5, 0.6) is 5.75 Å². The van der Waals surface area contributed by atoms with E-state index in [4.69, 9.17) is 10.5 Å². The van der Waals surface area contributed by atoms with E-state index in [9.17, 15) is 0 Å². The Morgan fingerprint density at radius 3 is 2.33 bits per heavy atom. The summed E-state index contributed by atoms with van der Waals surface area (Å²) >= 11 is 0. The normalized spacial score (nSPS) is 11.7. The van der Waals surface area contributed by atoms with Gasteiger partial charge in [0.2, 0.25) is 0 Å². The van der Waals surface area contributed by atoms with Gasteiger partial charge in [0.25, 0.3) is 0 Å². The van der Waals surface area contributed by atoms with Crippen LogP contribution in [0.1, 0.15) is 31.7 Å². The van der Waals surface area contributed by atoms with Crippen molar-refractivity contribution in [2.24, 2.45) is 5.73 Å². The quantitative estimate of drug-likeness (QED) is 0.843. The number of hydrogen-bond acceptors (Lipinski definition) is 2. The zero-order chi connectivity index (χ0) is 10.4. The van der Waals surface area contributed by atoms with Crippen molar-refractivity contribution in [1.82, 2.24) is 0 Å².